The van der Waals surface area contributed by atoms with Gasteiger partial charge in [-0.25, -0.2) is 4.79 Å². The van der Waals surface area contributed by atoms with Gasteiger partial charge < -0.3 is 5.11 Å². The third-order valence-corrected chi connectivity index (χ3v) is 2.87. The van der Waals surface area contributed by atoms with E-state index in [2.05, 4.69) is 22.6 Å². The van der Waals surface area contributed by atoms with Crippen LogP contribution < -0.4 is 0 Å². The van der Waals surface area contributed by atoms with Crippen LogP contribution in [0.5, 0.6) is 0 Å². The van der Waals surface area contributed by atoms with Crippen molar-refractivity contribution in [1.82, 2.24) is 0 Å². The van der Waals surface area contributed by atoms with Gasteiger partial charge in [0.05, 0.1) is 17.2 Å². The molecule has 0 aromatic heterocycles. The van der Waals surface area contributed by atoms with Gasteiger partial charge in [0.15, 0.2) is 0 Å². The van der Waals surface area contributed by atoms with Crippen LogP contribution in [-0.2, 0) is 6.42 Å². The quantitative estimate of drug-likeness (QED) is 0.853. The Morgan fingerprint density at radius 1 is 1.64 bits per heavy atom. The van der Waals surface area contributed by atoms with Crippen molar-refractivity contribution in [3.63, 3.8) is 0 Å². The van der Waals surface area contributed by atoms with Crippen LogP contribution in [0.1, 0.15) is 28.4 Å². The number of benzene rings is 1. The molecule has 72 valence electrons. The second-order valence-corrected chi connectivity index (χ2v) is 3.92. The molecule has 1 aromatic rings. The lowest BCUT2D eigenvalue weighted by atomic mass is 10.0. The topological polar surface area (TPSA) is 61.1 Å². The zero-order valence-corrected chi connectivity index (χ0v) is 9.70. The molecule has 14 heavy (non-hydrogen) atoms. The van der Waals surface area contributed by atoms with Gasteiger partial charge in [-0.15, -0.1) is 0 Å². The maximum absolute atomic E-state index is 10.9. The second kappa shape index (κ2) is 4.42. The van der Waals surface area contributed by atoms with E-state index in [-0.39, 0.29) is 5.56 Å². The summed E-state index contributed by atoms with van der Waals surface area (Å²) in [6.45, 7) is 1.90. The van der Waals surface area contributed by atoms with E-state index in [0.29, 0.717) is 12.0 Å². The molecule has 0 aliphatic rings. The number of carboxylic acids is 1. The van der Waals surface area contributed by atoms with Gasteiger partial charge >= 0.3 is 5.97 Å². The molecule has 1 N–H and O–H groups in total. The van der Waals surface area contributed by atoms with E-state index < -0.39 is 5.97 Å². The minimum atomic E-state index is -0.975. The molecule has 0 radical (unpaired) electrons. The fourth-order valence-corrected chi connectivity index (χ4v) is 2.26. The highest BCUT2D eigenvalue weighted by Gasteiger charge is 2.13. The molecular weight excluding hydrogens is 293 g/mol. The van der Waals surface area contributed by atoms with Gasteiger partial charge in [-0.2, -0.15) is 5.26 Å². The van der Waals surface area contributed by atoms with Crippen LogP contribution in [0.15, 0.2) is 12.1 Å². The number of rotatable bonds is 2. The van der Waals surface area contributed by atoms with Gasteiger partial charge in [0.1, 0.15) is 0 Å². The highest BCUT2D eigenvalue weighted by Crippen LogP contribution is 2.20. The zero-order chi connectivity index (χ0) is 10.7. The van der Waals surface area contributed by atoms with Crippen molar-refractivity contribution in [2.45, 2.75) is 13.3 Å². The van der Waals surface area contributed by atoms with E-state index in [0.717, 1.165) is 9.13 Å². The minimum Gasteiger partial charge on any atom is -0.478 e. The summed E-state index contributed by atoms with van der Waals surface area (Å²) in [5, 5.41) is 17.6. The number of nitriles is 1. The maximum Gasteiger partial charge on any atom is 0.336 e. The van der Waals surface area contributed by atoms with E-state index in [9.17, 15) is 4.79 Å². The van der Waals surface area contributed by atoms with E-state index in [1.165, 1.54) is 6.07 Å². The molecule has 0 heterocycles. The van der Waals surface area contributed by atoms with Crippen molar-refractivity contribution in [2.75, 3.05) is 0 Å². The molecule has 1 aromatic carbocycles. The zero-order valence-electron chi connectivity index (χ0n) is 7.54. The first kappa shape index (κ1) is 11.0. The molecule has 0 amide bonds. The van der Waals surface area contributed by atoms with Crippen LogP contribution in [0, 0.1) is 14.9 Å². The molecule has 0 fully saturated rings. The van der Waals surface area contributed by atoms with Gasteiger partial charge in [-0.1, -0.05) is 6.92 Å². The third kappa shape index (κ3) is 2.04. The van der Waals surface area contributed by atoms with Crippen molar-refractivity contribution in [3.05, 3.63) is 32.4 Å². The SMILES string of the molecule is CCc1c(I)cc(C#N)cc1C(=O)O. The van der Waals surface area contributed by atoms with Crippen LogP contribution >= 0.6 is 22.6 Å². The summed E-state index contributed by atoms with van der Waals surface area (Å²) in [5.41, 5.74) is 1.41. The smallest absolute Gasteiger partial charge is 0.336 e. The summed E-state index contributed by atoms with van der Waals surface area (Å²) >= 11 is 2.05. The van der Waals surface area contributed by atoms with Crippen LogP contribution in [-0.4, -0.2) is 11.1 Å². The summed E-state index contributed by atoms with van der Waals surface area (Å²) in [5.74, 6) is -0.975. The number of hydrogen-bond donors (Lipinski definition) is 1. The number of aromatic carboxylic acids is 1. The molecule has 0 unspecified atom stereocenters. The molecule has 0 saturated heterocycles. The molecule has 0 atom stereocenters. The molecule has 0 saturated carbocycles. The average molecular weight is 301 g/mol. The lowest BCUT2D eigenvalue weighted by Gasteiger charge is -2.06. The minimum absolute atomic E-state index is 0.232. The summed E-state index contributed by atoms with van der Waals surface area (Å²) in [4.78, 5) is 10.9. The lowest BCUT2D eigenvalue weighted by Crippen LogP contribution is -2.04. The Morgan fingerprint density at radius 3 is 2.71 bits per heavy atom. The van der Waals surface area contributed by atoms with Crippen molar-refractivity contribution in [1.29, 1.82) is 5.26 Å². The fraction of sp³-hybridized carbons (Fsp3) is 0.200. The molecule has 0 bridgehead atoms. The Morgan fingerprint density at radius 2 is 2.29 bits per heavy atom. The number of nitrogens with zero attached hydrogens (tertiary/aromatic N) is 1. The van der Waals surface area contributed by atoms with Crippen LogP contribution in [0.4, 0.5) is 0 Å². The molecule has 0 aliphatic carbocycles. The highest BCUT2D eigenvalue weighted by atomic mass is 127. The molecule has 1 rings (SSSR count). The largest absolute Gasteiger partial charge is 0.478 e. The molecular formula is C10H8INO2. The number of halogens is 1. The van der Waals surface area contributed by atoms with E-state index in [4.69, 9.17) is 10.4 Å². The Kier molecular flexibility index (Phi) is 3.47. The Balaban J connectivity index is 3.45. The van der Waals surface area contributed by atoms with Crippen molar-refractivity contribution in [2.24, 2.45) is 0 Å². The predicted octanol–water partition coefficient (Wildman–Crippen LogP) is 2.42. The van der Waals surface area contributed by atoms with Gasteiger partial charge in [-0.05, 0) is 46.7 Å². The van der Waals surface area contributed by atoms with E-state index in [1.807, 2.05) is 13.0 Å². The van der Waals surface area contributed by atoms with Crippen molar-refractivity contribution in [3.8, 4) is 6.07 Å². The average Bonchev–Trinajstić information content (AvgIpc) is 2.16. The number of carbonyl (C=O) groups is 1. The van der Waals surface area contributed by atoms with Crippen molar-refractivity contribution < 1.29 is 9.90 Å². The van der Waals surface area contributed by atoms with Gasteiger partial charge in [0.25, 0.3) is 0 Å². The summed E-state index contributed by atoms with van der Waals surface area (Å²) in [6, 6.07) is 5.07. The maximum atomic E-state index is 10.9. The third-order valence-electron chi connectivity index (χ3n) is 1.91. The van der Waals surface area contributed by atoms with E-state index in [1.54, 1.807) is 6.07 Å². The normalized spacial score (nSPS) is 9.50. The Hall–Kier alpha value is -1.09. The van der Waals surface area contributed by atoms with Gasteiger partial charge in [-0.3, -0.25) is 0 Å². The first-order valence-electron chi connectivity index (χ1n) is 4.06. The first-order valence-corrected chi connectivity index (χ1v) is 5.13. The highest BCUT2D eigenvalue weighted by molar-refractivity contribution is 14.1. The van der Waals surface area contributed by atoms with Crippen LogP contribution in [0.25, 0.3) is 0 Å². The molecule has 0 aliphatic heterocycles. The monoisotopic (exact) mass is 301 g/mol. The fourth-order valence-electron chi connectivity index (χ4n) is 1.25. The summed E-state index contributed by atoms with van der Waals surface area (Å²) in [7, 11) is 0. The second-order valence-electron chi connectivity index (χ2n) is 2.75. The first-order chi connectivity index (χ1) is 6.60. The molecule has 3 nitrogen and oxygen atoms in total. The van der Waals surface area contributed by atoms with E-state index >= 15 is 0 Å². The Labute approximate surface area is 95.5 Å². The van der Waals surface area contributed by atoms with Crippen LogP contribution in [0.2, 0.25) is 0 Å². The number of carboxylic acid groups (broad SMARTS) is 1. The lowest BCUT2D eigenvalue weighted by molar-refractivity contribution is 0.0695. The van der Waals surface area contributed by atoms with Crippen LogP contribution in [0.3, 0.4) is 0 Å². The molecule has 4 heteroatoms. The Bertz CT molecular complexity index is 421. The predicted molar refractivity (Wildman–Crippen MR) is 60.2 cm³/mol. The number of hydrogen-bond acceptors (Lipinski definition) is 2. The summed E-state index contributed by atoms with van der Waals surface area (Å²) < 4.78 is 0.835. The summed E-state index contributed by atoms with van der Waals surface area (Å²) in [6.07, 6.45) is 0.658. The van der Waals surface area contributed by atoms with Gasteiger partial charge in [0.2, 0.25) is 0 Å². The van der Waals surface area contributed by atoms with Crippen molar-refractivity contribution >= 4 is 28.6 Å². The standard InChI is InChI=1S/C10H8INO2/c1-2-7-8(10(13)14)3-6(5-12)4-9(7)11/h3-4H,2H2,1H3,(H,13,14). The van der Waals surface area contributed by atoms with Gasteiger partial charge in [0, 0.05) is 3.57 Å². The molecule has 0 spiro atoms.